The molecule has 0 bridgehead atoms. The first-order valence-corrected chi connectivity index (χ1v) is 10.2. The Morgan fingerprint density at radius 1 is 1.38 bits per heavy atom. The van der Waals surface area contributed by atoms with Crippen molar-refractivity contribution in [1.29, 1.82) is 0 Å². The normalized spacial score (nSPS) is 15.8. The Labute approximate surface area is 178 Å². The van der Waals surface area contributed by atoms with E-state index in [-0.39, 0.29) is 24.0 Å². The summed E-state index contributed by atoms with van der Waals surface area (Å²) in [6.45, 7) is 11.2. The number of aliphatic imine (C=N–C) groups is 1. The lowest BCUT2D eigenvalue weighted by Crippen LogP contribution is -2.38. The fourth-order valence-corrected chi connectivity index (χ4v) is 3.40. The van der Waals surface area contributed by atoms with Gasteiger partial charge in [-0.25, -0.2) is 9.98 Å². The number of hydrogen-bond acceptors (Lipinski definition) is 5. The molecule has 2 N–H and O–H groups in total. The van der Waals surface area contributed by atoms with Gasteiger partial charge in [-0.1, -0.05) is 13.8 Å². The first-order chi connectivity index (χ1) is 12.2. The van der Waals surface area contributed by atoms with Crippen LogP contribution in [0.25, 0.3) is 0 Å². The Morgan fingerprint density at radius 2 is 2.15 bits per heavy atom. The maximum atomic E-state index is 5.89. The fraction of sp³-hybridized carbons (Fsp3) is 0.778. The van der Waals surface area contributed by atoms with Gasteiger partial charge in [0.2, 0.25) is 0 Å². The minimum Gasteiger partial charge on any atom is -0.381 e. The van der Waals surface area contributed by atoms with Gasteiger partial charge in [-0.3, -0.25) is 0 Å². The van der Waals surface area contributed by atoms with Crippen LogP contribution in [0.4, 0.5) is 0 Å². The van der Waals surface area contributed by atoms with Crippen molar-refractivity contribution < 1.29 is 9.47 Å². The van der Waals surface area contributed by atoms with Crippen LogP contribution < -0.4 is 10.6 Å². The molecule has 0 spiro atoms. The van der Waals surface area contributed by atoms with E-state index < -0.39 is 0 Å². The van der Waals surface area contributed by atoms with Crippen LogP contribution in [0.2, 0.25) is 0 Å². The SMILES string of the molecule is CCNC(=NCc1nc(C(C)C)cs1)NCCCOC1CCOCC1.I. The number of nitrogens with one attached hydrogen (secondary N) is 2. The maximum Gasteiger partial charge on any atom is 0.191 e. The van der Waals surface area contributed by atoms with Crippen LogP contribution in [0.1, 0.15) is 56.7 Å². The van der Waals surface area contributed by atoms with Crippen molar-refractivity contribution in [2.24, 2.45) is 4.99 Å². The van der Waals surface area contributed by atoms with E-state index in [0.29, 0.717) is 18.6 Å². The molecule has 6 nitrogen and oxygen atoms in total. The van der Waals surface area contributed by atoms with Gasteiger partial charge in [-0.2, -0.15) is 0 Å². The van der Waals surface area contributed by atoms with Crippen LogP contribution >= 0.6 is 35.3 Å². The Balaban J connectivity index is 0.00000338. The van der Waals surface area contributed by atoms with Crippen LogP contribution in [-0.4, -0.2) is 50.0 Å². The molecule has 0 amide bonds. The number of thiazole rings is 1. The average Bonchev–Trinajstić information content (AvgIpc) is 3.09. The molecule has 2 heterocycles. The van der Waals surface area contributed by atoms with E-state index in [4.69, 9.17) is 9.47 Å². The molecule has 0 aromatic carbocycles. The van der Waals surface area contributed by atoms with Crippen molar-refractivity contribution in [3.63, 3.8) is 0 Å². The number of nitrogens with zero attached hydrogens (tertiary/aromatic N) is 2. The molecule has 0 atom stereocenters. The first kappa shape index (κ1) is 23.6. The lowest BCUT2D eigenvalue weighted by molar-refractivity contribution is -0.0320. The molecule has 0 radical (unpaired) electrons. The standard InChI is InChI=1S/C18H32N4O2S.HI/c1-4-19-18(21-12-17-22-16(13-25-17)14(2)3)20-8-5-9-24-15-6-10-23-11-7-15;/h13-15H,4-12H2,1-3H3,(H2,19,20,21);1H. The summed E-state index contributed by atoms with van der Waals surface area (Å²) in [5, 5.41) is 9.84. The summed E-state index contributed by atoms with van der Waals surface area (Å²) in [4.78, 5) is 9.26. The highest BCUT2D eigenvalue weighted by molar-refractivity contribution is 14.0. The first-order valence-electron chi connectivity index (χ1n) is 9.34. The van der Waals surface area contributed by atoms with Crippen molar-refractivity contribution in [3.05, 3.63) is 16.1 Å². The molecule has 2 rings (SSSR count). The van der Waals surface area contributed by atoms with Crippen LogP contribution in [0, 0.1) is 0 Å². The molecule has 1 aliphatic heterocycles. The van der Waals surface area contributed by atoms with Crippen LogP contribution in [0.3, 0.4) is 0 Å². The second kappa shape index (κ2) is 13.7. The predicted molar refractivity (Wildman–Crippen MR) is 119 cm³/mol. The van der Waals surface area contributed by atoms with Gasteiger partial charge in [0.25, 0.3) is 0 Å². The van der Waals surface area contributed by atoms with E-state index in [2.05, 4.69) is 46.8 Å². The number of aromatic nitrogens is 1. The summed E-state index contributed by atoms with van der Waals surface area (Å²) in [7, 11) is 0. The zero-order valence-corrected chi connectivity index (χ0v) is 19.3. The van der Waals surface area contributed by atoms with Crippen molar-refractivity contribution in [2.45, 2.75) is 58.6 Å². The highest BCUT2D eigenvalue weighted by Gasteiger charge is 2.13. The number of guanidine groups is 1. The summed E-state index contributed by atoms with van der Waals surface area (Å²) in [6.07, 6.45) is 3.37. The zero-order valence-electron chi connectivity index (χ0n) is 16.1. The fourth-order valence-electron chi connectivity index (χ4n) is 2.52. The molecule has 0 unspecified atom stereocenters. The summed E-state index contributed by atoms with van der Waals surface area (Å²) in [5.41, 5.74) is 1.15. The quantitative estimate of drug-likeness (QED) is 0.237. The third-order valence-electron chi connectivity index (χ3n) is 4.01. The van der Waals surface area contributed by atoms with Gasteiger partial charge in [-0.15, -0.1) is 35.3 Å². The maximum absolute atomic E-state index is 5.89. The molecule has 0 saturated carbocycles. The zero-order chi connectivity index (χ0) is 17.9. The van der Waals surface area contributed by atoms with E-state index in [1.807, 2.05) is 0 Å². The van der Waals surface area contributed by atoms with E-state index >= 15 is 0 Å². The van der Waals surface area contributed by atoms with E-state index in [1.54, 1.807) is 11.3 Å². The van der Waals surface area contributed by atoms with Crippen molar-refractivity contribution in [3.8, 4) is 0 Å². The lowest BCUT2D eigenvalue weighted by atomic mass is 10.1. The molecule has 1 aromatic heterocycles. The molecular weight excluding hydrogens is 463 g/mol. The van der Waals surface area contributed by atoms with Crippen LogP contribution in [0.15, 0.2) is 10.4 Å². The van der Waals surface area contributed by atoms with E-state index in [0.717, 1.165) is 68.8 Å². The highest BCUT2D eigenvalue weighted by Crippen LogP contribution is 2.18. The molecule has 8 heteroatoms. The van der Waals surface area contributed by atoms with Gasteiger partial charge in [0.1, 0.15) is 5.01 Å². The summed E-state index contributed by atoms with van der Waals surface area (Å²) in [5.74, 6) is 1.31. The summed E-state index contributed by atoms with van der Waals surface area (Å²) in [6, 6.07) is 0. The predicted octanol–water partition coefficient (Wildman–Crippen LogP) is 3.53. The van der Waals surface area contributed by atoms with Gasteiger partial charge in [0.15, 0.2) is 5.96 Å². The minimum atomic E-state index is 0. The van der Waals surface area contributed by atoms with Crippen molar-refractivity contribution >= 4 is 41.3 Å². The van der Waals surface area contributed by atoms with Gasteiger partial charge < -0.3 is 20.1 Å². The average molecular weight is 496 g/mol. The van der Waals surface area contributed by atoms with Crippen molar-refractivity contribution in [1.82, 2.24) is 15.6 Å². The molecular formula is C18H33IN4O2S. The van der Waals surface area contributed by atoms with E-state index in [1.165, 1.54) is 0 Å². The van der Waals surface area contributed by atoms with Gasteiger partial charge in [0.05, 0.1) is 18.3 Å². The molecule has 1 fully saturated rings. The molecule has 26 heavy (non-hydrogen) atoms. The number of hydrogen-bond donors (Lipinski definition) is 2. The van der Waals surface area contributed by atoms with Crippen LogP contribution in [0.5, 0.6) is 0 Å². The Bertz CT molecular complexity index is 519. The Kier molecular flexibility index (Phi) is 12.4. The Hall–Kier alpha value is -0.450. The number of halogens is 1. The minimum absolute atomic E-state index is 0. The lowest BCUT2D eigenvalue weighted by Gasteiger charge is -2.22. The third kappa shape index (κ3) is 8.96. The van der Waals surface area contributed by atoms with E-state index in [9.17, 15) is 0 Å². The summed E-state index contributed by atoms with van der Waals surface area (Å²) >= 11 is 1.68. The topological polar surface area (TPSA) is 67.8 Å². The largest absolute Gasteiger partial charge is 0.381 e. The van der Waals surface area contributed by atoms with Gasteiger partial charge in [0, 0.05) is 38.3 Å². The Morgan fingerprint density at radius 3 is 2.81 bits per heavy atom. The third-order valence-corrected chi connectivity index (χ3v) is 4.86. The molecule has 1 aliphatic rings. The second-order valence-electron chi connectivity index (χ2n) is 6.48. The molecule has 0 aliphatic carbocycles. The molecule has 1 saturated heterocycles. The number of rotatable bonds is 9. The van der Waals surface area contributed by atoms with Gasteiger partial charge in [-0.05, 0) is 32.1 Å². The summed E-state index contributed by atoms with van der Waals surface area (Å²) < 4.78 is 11.2. The molecule has 150 valence electrons. The molecule has 1 aromatic rings. The number of ether oxygens (including phenoxy) is 2. The van der Waals surface area contributed by atoms with Crippen LogP contribution in [-0.2, 0) is 16.0 Å². The van der Waals surface area contributed by atoms with Crippen molar-refractivity contribution in [2.75, 3.05) is 32.9 Å². The highest BCUT2D eigenvalue weighted by atomic mass is 127. The second-order valence-corrected chi connectivity index (χ2v) is 7.42. The monoisotopic (exact) mass is 496 g/mol. The van der Waals surface area contributed by atoms with Gasteiger partial charge >= 0.3 is 0 Å². The smallest absolute Gasteiger partial charge is 0.191 e.